The monoisotopic (exact) mass is 357 g/mol. The van der Waals surface area contributed by atoms with E-state index < -0.39 is 15.9 Å². The third-order valence-electron chi connectivity index (χ3n) is 3.32. The van der Waals surface area contributed by atoms with Crippen LogP contribution in [0.3, 0.4) is 0 Å². The Labute approximate surface area is 144 Å². The lowest BCUT2D eigenvalue weighted by molar-refractivity contribution is 0.102. The van der Waals surface area contributed by atoms with Crippen molar-refractivity contribution in [1.82, 2.24) is 15.2 Å². The summed E-state index contributed by atoms with van der Waals surface area (Å²) in [6.07, 6.45) is 1.25. The van der Waals surface area contributed by atoms with E-state index in [4.69, 9.17) is 0 Å². The maximum atomic E-state index is 12.5. The van der Waals surface area contributed by atoms with Gasteiger partial charge in [-0.05, 0) is 42.8 Å². The smallest absolute Gasteiger partial charge is 0.261 e. The Morgan fingerprint density at radius 2 is 1.92 bits per heavy atom. The fourth-order valence-electron chi connectivity index (χ4n) is 2.17. The average molecular weight is 357 g/mol. The molecule has 0 saturated carbocycles. The van der Waals surface area contributed by atoms with Crippen molar-refractivity contribution in [3.05, 3.63) is 66.0 Å². The topological polar surface area (TPSA) is 117 Å². The average Bonchev–Trinajstić information content (AvgIpc) is 3.07. The summed E-state index contributed by atoms with van der Waals surface area (Å²) in [7, 11) is -3.81. The highest BCUT2D eigenvalue weighted by molar-refractivity contribution is 7.92. The normalized spacial score (nSPS) is 11.1. The van der Waals surface area contributed by atoms with Crippen LogP contribution in [0.2, 0.25) is 0 Å². The van der Waals surface area contributed by atoms with E-state index in [1.165, 1.54) is 30.6 Å². The number of nitrogens with one attached hydrogen (secondary N) is 3. The molecule has 1 aromatic heterocycles. The fraction of sp³-hybridized carbons (Fsp3) is 0.0625. The highest BCUT2D eigenvalue weighted by atomic mass is 32.2. The maximum Gasteiger partial charge on any atom is 0.261 e. The highest BCUT2D eigenvalue weighted by Crippen LogP contribution is 2.18. The van der Waals surface area contributed by atoms with Crippen LogP contribution in [0, 0.1) is 6.92 Å². The number of hydrogen-bond donors (Lipinski definition) is 3. The van der Waals surface area contributed by atoms with Crippen LogP contribution in [-0.4, -0.2) is 29.5 Å². The first-order chi connectivity index (χ1) is 11.9. The predicted octanol–water partition coefficient (Wildman–Crippen LogP) is 2.17. The van der Waals surface area contributed by atoms with Gasteiger partial charge in [0.15, 0.2) is 0 Å². The number of rotatable bonds is 5. The van der Waals surface area contributed by atoms with Crippen LogP contribution in [0.15, 0.2) is 59.8 Å². The molecule has 0 atom stereocenters. The maximum absolute atomic E-state index is 12.5. The molecule has 3 N–H and O–H groups in total. The Hall–Kier alpha value is -3.20. The van der Waals surface area contributed by atoms with E-state index in [9.17, 15) is 13.2 Å². The number of carbonyl (C=O) groups excluding carboxylic acids is 1. The standard InChI is InChI=1S/C16H15N5O3S/c1-11-4-2-6-13(8-11)21-25(23,24)14-7-3-5-12(9-14)15(22)19-16-17-10-18-20-16/h2-10,21H,1H3,(H2,17,18,19,20,22). The van der Waals surface area contributed by atoms with E-state index in [2.05, 4.69) is 25.2 Å². The summed E-state index contributed by atoms with van der Waals surface area (Å²) in [5.41, 5.74) is 1.57. The lowest BCUT2D eigenvalue weighted by Gasteiger charge is -2.10. The van der Waals surface area contributed by atoms with E-state index in [-0.39, 0.29) is 16.4 Å². The minimum absolute atomic E-state index is 0.0146. The molecule has 0 bridgehead atoms. The van der Waals surface area contributed by atoms with Crippen LogP contribution in [0.25, 0.3) is 0 Å². The summed E-state index contributed by atoms with van der Waals surface area (Å²) in [4.78, 5) is 16.0. The molecule has 0 fully saturated rings. The predicted molar refractivity (Wildman–Crippen MR) is 92.8 cm³/mol. The first-order valence-corrected chi connectivity index (χ1v) is 8.79. The molecule has 0 aliphatic carbocycles. The van der Waals surface area contributed by atoms with E-state index in [0.29, 0.717) is 5.69 Å². The SMILES string of the molecule is Cc1cccc(NS(=O)(=O)c2cccc(C(=O)Nc3ncn[nH]3)c2)c1. The Bertz CT molecular complexity index is 1000. The summed E-state index contributed by atoms with van der Waals surface area (Å²) in [5.74, 6) is -0.319. The number of amides is 1. The number of carbonyl (C=O) groups is 1. The summed E-state index contributed by atoms with van der Waals surface area (Å²) < 4.78 is 27.6. The van der Waals surface area contributed by atoms with Crippen LogP contribution in [0.5, 0.6) is 0 Å². The Balaban J connectivity index is 1.83. The molecule has 3 aromatic rings. The van der Waals surface area contributed by atoms with Crippen molar-refractivity contribution in [2.75, 3.05) is 10.0 Å². The van der Waals surface area contributed by atoms with Crippen LogP contribution >= 0.6 is 0 Å². The van der Waals surface area contributed by atoms with Gasteiger partial charge >= 0.3 is 0 Å². The molecule has 3 rings (SSSR count). The molecule has 0 unspecified atom stereocenters. The summed E-state index contributed by atoms with van der Waals surface area (Å²) in [6.45, 7) is 1.87. The summed E-state index contributed by atoms with van der Waals surface area (Å²) >= 11 is 0. The van der Waals surface area contributed by atoms with Crippen molar-refractivity contribution in [3.63, 3.8) is 0 Å². The van der Waals surface area contributed by atoms with Crippen LogP contribution < -0.4 is 10.0 Å². The van der Waals surface area contributed by atoms with Crippen molar-refractivity contribution in [2.24, 2.45) is 0 Å². The Morgan fingerprint density at radius 1 is 1.12 bits per heavy atom. The first kappa shape index (κ1) is 16.7. The molecule has 0 radical (unpaired) electrons. The van der Waals surface area contributed by atoms with Crippen LogP contribution in [0.1, 0.15) is 15.9 Å². The minimum atomic E-state index is -3.81. The van der Waals surface area contributed by atoms with E-state index in [1.807, 2.05) is 13.0 Å². The molecule has 0 spiro atoms. The number of aromatic amines is 1. The number of benzene rings is 2. The zero-order valence-electron chi connectivity index (χ0n) is 13.2. The first-order valence-electron chi connectivity index (χ1n) is 7.30. The van der Waals surface area contributed by atoms with Gasteiger partial charge in [0.2, 0.25) is 5.95 Å². The van der Waals surface area contributed by atoms with Crippen LogP contribution in [0.4, 0.5) is 11.6 Å². The van der Waals surface area contributed by atoms with Crippen molar-refractivity contribution in [3.8, 4) is 0 Å². The van der Waals surface area contributed by atoms with E-state index >= 15 is 0 Å². The summed E-state index contributed by atoms with van der Waals surface area (Å²) in [6, 6.07) is 12.7. The van der Waals surface area contributed by atoms with Gasteiger partial charge in [0.1, 0.15) is 6.33 Å². The van der Waals surface area contributed by atoms with Gasteiger partial charge in [-0.25, -0.2) is 13.5 Å². The van der Waals surface area contributed by atoms with Gasteiger partial charge in [0.25, 0.3) is 15.9 Å². The Kier molecular flexibility index (Phi) is 4.48. The molecule has 0 saturated heterocycles. The van der Waals surface area contributed by atoms with Gasteiger partial charge < -0.3 is 0 Å². The quantitative estimate of drug-likeness (QED) is 0.647. The third kappa shape index (κ3) is 4.01. The molecule has 128 valence electrons. The Morgan fingerprint density at radius 3 is 2.64 bits per heavy atom. The molecule has 0 aliphatic rings. The molecule has 8 nitrogen and oxygen atoms in total. The van der Waals surface area contributed by atoms with Gasteiger partial charge in [-0.3, -0.25) is 14.8 Å². The van der Waals surface area contributed by atoms with Crippen molar-refractivity contribution >= 4 is 27.6 Å². The van der Waals surface area contributed by atoms with E-state index in [0.717, 1.165) is 5.56 Å². The molecular formula is C16H15N5O3S. The van der Waals surface area contributed by atoms with E-state index in [1.54, 1.807) is 18.2 Å². The second kappa shape index (κ2) is 6.73. The van der Waals surface area contributed by atoms with Crippen LogP contribution in [-0.2, 0) is 10.0 Å². The molecule has 2 aromatic carbocycles. The number of anilines is 2. The number of sulfonamides is 1. The minimum Gasteiger partial charge on any atom is -0.291 e. The molecular weight excluding hydrogens is 342 g/mol. The van der Waals surface area contributed by atoms with Gasteiger partial charge in [0.05, 0.1) is 4.90 Å². The van der Waals surface area contributed by atoms with Gasteiger partial charge in [-0.1, -0.05) is 18.2 Å². The second-order valence-corrected chi connectivity index (χ2v) is 6.97. The lowest BCUT2D eigenvalue weighted by Crippen LogP contribution is -2.16. The number of aromatic nitrogens is 3. The van der Waals surface area contributed by atoms with Gasteiger partial charge in [-0.15, -0.1) is 0 Å². The number of hydrogen-bond acceptors (Lipinski definition) is 5. The molecule has 1 amide bonds. The second-order valence-electron chi connectivity index (χ2n) is 5.29. The third-order valence-corrected chi connectivity index (χ3v) is 4.70. The molecule has 9 heteroatoms. The lowest BCUT2D eigenvalue weighted by atomic mass is 10.2. The zero-order valence-corrected chi connectivity index (χ0v) is 14.0. The highest BCUT2D eigenvalue weighted by Gasteiger charge is 2.17. The number of aryl methyl sites for hydroxylation is 1. The molecule has 25 heavy (non-hydrogen) atoms. The molecule has 1 heterocycles. The number of nitrogens with zero attached hydrogens (tertiary/aromatic N) is 2. The van der Waals surface area contributed by atoms with Gasteiger partial charge in [0, 0.05) is 11.3 Å². The number of H-pyrrole nitrogens is 1. The summed E-state index contributed by atoms with van der Waals surface area (Å²) in [5, 5.41) is 8.61. The fourth-order valence-corrected chi connectivity index (χ4v) is 3.27. The van der Waals surface area contributed by atoms with Gasteiger partial charge in [-0.2, -0.15) is 10.1 Å². The zero-order chi connectivity index (χ0) is 17.9. The largest absolute Gasteiger partial charge is 0.291 e. The van der Waals surface area contributed by atoms with Crippen molar-refractivity contribution in [1.29, 1.82) is 0 Å². The van der Waals surface area contributed by atoms with Crippen molar-refractivity contribution in [2.45, 2.75) is 11.8 Å². The van der Waals surface area contributed by atoms with Crippen molar-refractivity contribution < 1.29 is 13.2 Å². The molecule has 0 aliphatic heterocycles.